The van der Waals surface area contributed by atoms with E-state index in [1.54, 1.807) is 4.68 Å². The van der Waals surface area contributed by atoms with Gasteiger partial charge in [-0.2, -0.15) is 13.9 Å². The van der Waals surface area contributed by atoms with Crippen LogP contribution in [0.5, 0.6) is 11.5 Å². The number of rotatable bonds is 4. The lowest BCUT2D eigenvalue weighted by molar-refractivity contribution is 0.353. The van der Waals surface area contributed by atoms with Crippen LogP contribution in [0.1, 0.15) is 18.9 Å². The molecule has 4 aromatic rings. The van der Waals surface area contributed by atoms with Gasteiger partial charge >= 0.3 is 0 Å². The Morgan fingerprint density at radius 1 is 1.00 bits per heavy atom. The van der Waals surface area contributed by atoms with Crippen molar-refractivity contribution in [3.05, 3.63) is 59.7 Å². The second kappa shape index (κ2) is 8.52. The minimum atomic E-state index is -1.74. The number of halogens is 5. The molecule has 176 valence electrons. The summed E-state index contributed by atoms with van der Waals surface area (Å²) in [6.07, 6.45) is 3.06. The molecule has 0 amide bonds. The molecule has 1 saturated heterocycles. The average molecular weight is 476 g/mol. The highest BCUT2D eigenvalue weighted by molar-refractivity contribution is 5.98. The van der Waals surface area contributed by atoms with Gasteiger partial charge in [0.05, 0.1) is 11.4 Å². The summed E-state index contributed by atoms with van der Waals surface area (Å²) in [5, 5.41) is 8.20. The highest BCUT2D eigenvalue weighted by atomic mass is 19.2. The van der Waals surface area contributed by atoms with Crippen LogP contribution in [0.2, 0.25) is 0 Å². The molecule has 12 heteroatoms. The van der Waals surface area contributed by atoms with Crippen LogP contribution in [-0.4, -0.2) is 32.8 Å². The molecule has 1 unspecified atom stereocenters. The molecule has 2 aromatic heterocycles. The molecule has 0 bridgehead atoms. The maximum atomic E-state index is 15.2. The SMILES string of the molecule is Nc1ncnc2c1c(-c1ccc(Oc3c(F)c(F)cc(F)c3F)cc1F)nn2C1CCCNC1. The summed E-state index contributed by atoms with van der Waals surface area (Å²) in [5.41, 5.74) is 6.68. The molecular formula is C22H17F5N6O. The Bertz CT molecular complexity index is 1380. The van der Waals surface area contributed by atoms with E-state index in [2.05, 4.69) is 20.4 Å². The number of nitrogens with two attached hydrogens (primary N) is 1. The molecule has 7 nitrogen and oxygen atoms in total. The molecule has 1 aliphatic heterocycles. The lowest BCUT2D eigenvalue weighted by Crippen LogP contribution is -2.32. The predicted octanol–water partition coefficient (Wildman–Crippen LogP) is 4.49. The Morgan fingerprint density at radius 3 is 2.44 bits per heavy atom. The third-order valence-electron chi connectivity index (χ3n) is 5.62. The third-order valence-corrected chi connectivity index (χ3v) is 5.62. The summed E-state index contributed by atoms with van der Waals surface area (Å²) >= 11 is 0. The molecule has 2 aromatic carbocycles. The normalized spacial score (nSPS) is 16.2. The van der Waals surface area contributed by atoms with Gasteiger partial charge in [0.1, 0.15) is 29.4 Å². The average Bonchev–Trinajstić information content (AvgIpc) is 3.22. The van der Waals surface area contributed by atoms with Gasteiger partial charge in [-0.3, -0.25) is 0 Å². The zero-order valence-electron chi connectivity index (χ0n) is 17.5. The van der Waals surface area contributed by atoms with E-state index >= 15 is 4.39 Å². The second-order valence-electron chi connectivity index (χ2n) is 7.79. The number of nitrogens with one attached hydrogen (secondary N) is 1. The maximum Gasteiger partial charge on any atom is 0.204 e. The Balaban J connectivity index is 1.57. The van der Waals surface area contributed by atoms with Gasteiger partial charge in [0.15, 0.2) is 17.3 Å². The molecule has 3 heterocycles. The second-order valence-corrected chi connectivity index (χ2v) is 7.79. The number of ether oxygens (including phenoxy) is 1. The Labute approximate surface area is 189 Å². The van der Waals surface area contributed by atoms with Gasteiger partial charge in [-0.15, -0.1) is 0 Å². The largest absolute Gasteiger partial charge is 0.451 e. The molecule has 1 atom stereocenters. The molecule has 5 rings (SSSR count). The standard InChI is InChI=1S/C22H17F5N6O/c23-13-6-11(34-20-17(26)14(24)7-15(25)18(20)27)3-4-12(13)19-16-21(28)30-9-31-22(16)33(32-19)10-2-1-5-29-8-10/h3-4,6-7,9-10,29H,1-2,5,8H2,(H2,28,30,31). The van der Waals surface area contributed by atoms with Gasteiger partial charge in [0.25, 0.3) is 0 Å². The van der Waals surface area contributed by atoms with E-state index in [1.165, 1.54) is 18.5 Å². The van der Waals surface area contributed by atoms with Crippen molar-refractivity contribution >= 4 is 16.9 Å². The molecule has 0 radical (unpaired) electrons. The van der Waals surface area contributed by atoms with Crippen molar-refractivity contribution in [1.29, 1.82) is 0 Å². The fourth-order valence-corrected chi connectivity index (χ4v) is 3.99. The number of nitrogens with zero attached hydrogens (tertiary/aromatic N) is 4. The van der Waals surface area contributed by atoms with Crippen LogP contribution in [0, 0.1) is 29.1 Å². The van der Waals surface area contributed by atoms with E-state index < -0.39 is 34.8 Å². The molecule has 1 aliphatic rings. The molecule has 1 fully saturated rings. The van der Waals surface area contributed by atoms with Crippen LogP contribution in [0.3, 0.4) is 0 Å². The Kier molecular flexibility index (Phi) is 5.52. The Morgan fingerprint density at radius 2 is 1.76 bits per heavy atom. The minimum absolute atomic E-state index is 0.00716. The van der Waals surface area contributed by atoms with Crippen molar-refractivity contribution < 1.29 is 26.7 Å². The van der Waals surface area contributed by atoms with Crippen molar-refractivity contribution in [2.75, 3.05) is 18.8 Å². The monoisotopic (exact) mass is 476 g/mol. The van der Waals surface area contributed by atoms with E-state index in [9.17, 15) is 17.6 Å². The van der Waals surface area contributed by atoms with Gasteiger partial charge in [0.2, 0.25) is 17.4 Å². The first-order valence-corrected chi connectivity index (χ1v) is 10.3. The van der Waals surface area contributed by atoms with Gasteiger partial charge in [-0.1, -0.05) is 0 Å². The smallest absolute Gasteiger partial charge is 0.204 e. The first-order valence-electron chi connectivity index (χ1n) is 10.3. The van der Waals surface area contributed by atoms with Crippen LogP contribution in [0.25, 0.3) is 22.3 Å². The Hall–Kier alpha value is -3.80. The summed E-state index contributed by atoms with van der Waals surface area (Å²) in [6, 6.07) is 3.29. The van der Waals surface area contributed by atoms with Gasteiger partial charge in [0, 0.05) is 24.2 Å². The van der Waals surface area contributed by atoms with Crippen molar-refractivity contribution in [3.63, 3.8) is 0 Å². The van der Waals surface area contributed by atoms with Crippen LogP contribution < -0.4 is 15.8 Å². The van der Waals surface area contributed by atoms with Gasteiger partial charge in [-0.05, 0) is 31.5 Å². The zero-order chi connectivity index (χ0) is 24.0. The van der Waals surface area contributed by atoms with Crippen molar-refractivity contribution in [3.8, 4) is 22.8 Å². The zero-order valence-corrected chi connectivity index (χ0v) is 17.5. The number of nitrogen functional groups attached to an aromatic ring is 1. The number of piperidine rings is 1. The van der Waals surface area contributed by atoms with E-state index in [4.69, 9.17) is 10.5 Å². The van der Waals surface area contributed by atoms with E-state index in [-0.39, 0.29) is 34.9 Å². The number of benzene rings is 2. The number of fused-ring (bicyclic) bond motifs is 1. The van der Waals surface area contributed by atoms with Crippen molar-refractivity contribution in [2.45, 2.75) is 18.9 Å². The summed E-state index contributed by atoms with van der Waals surface area (Å²) < 4.78 is 76.5. The first kappa shape index (κ1) is 22.0. The van der Waals surface area contributed by atoms with Gasteiger partial charge in [-0.25, -0.2) is 27.8 Å². The van der Waals surface area contributed by atoms with E-state index in [0.29, 0.717) is 17.6 Å². The topological polar surface area (TPSA) is 90.9 Å². The summed E-state index contributed by atoms with van der Waals surface area (Å²) in [6.45, 7) is 1.53. The van der Waals surface area contributed by atoms with Crippen LogP contribution >= 0.6 is 0 Å². The number of hydrogen-bond acceptors (Lipinski definition) is 6. The number of anilines is 1. The van der Waals surface area contributed by atoms with Crippen LogP contribution in [-0.2, 0) is 0 Å². The molecule has 0 saturated carbocycles. The molecule has 0 spiro atoms. The molecule has 34 heavy (non-hydrogen) atoms. The first-order chi connectivity index (χ1) is 16.3. The fraction of sp³-hybridized carbons (Fsp3) is 0.227. The van der Waals surface area contributed by atoms with Crippen molar-refractivity contribution in [1.82, 2.24) is 25.1 Å². The quantitative estimate of drug-likeness (QED) is 0.333. The van der Waals surface area contributed by atoms with E-state index in [1.807, 2.05) is 0 Å². The number of hydrogen-bond donors (Lipinski definition) is 2. The molecular weight excluding hydrogens is 459 g/mol. The number of aromatic nitrogens is 4. The lowest BCUT2D eigenvalue weighted by Gasteiger charge is -2.23. The van der Waals surface area contributed by atoms with Crippen LogP contribution in [0.4, 0.5) is 27.8 Å². The molecule has 3 N–H and O–H groups in total. The summed E-state index contributed by atoms with van der Waals surface area (Å²) in [5.74, 6) is -9.22. The predicted molar refractivity (Wildman–Crippen MR) is 113 cm³/mol. The maximum absolute atomic E-state index is 15.2. The summed E-state index contributed by atoms with van der Waals surface area (Å²) in [4.78, 5) is 8.27. The summed E-state index contributed by atoms with van der Waals surface area (Å²) in [7, 11) is 0. The minimum Gasteiger partial charge on any atom is -0.451 e. The van der Waals surface area contributed by atoms with E-state index in [0.717, 1.165) is 25.5 Å². The lowest BCUT2D eigenvalue weighted by atomic mass is 10.1. The third kappa shape index (κ3) is 3.69. The fourth-order valence-electron chi connectivity index (χ4n) is 3.99. The van der Waals surface area contributed by atoms with Crippen molar-refractivity contribution in [2.24, 2.45) is 0 Å². The highest BCUT2D eigenvalue weighted by Gasteiger charge is 2.26. The molecule has 0 aliphatic carbocycles. The highest BCUT2D eigenvalue weighted by Crippen LogP contribution is 2.37. The van der Waals surface area contributed by atoms with Gasteiger partial charge < -0.3 is 15.8 Å². The van der Waals surface area contributed by atoms with Crippen LogP contribution in [0.15, 0.2) is 30.6 Å².